The number of carbonyl (C=O) groups excluding carboxylic acids is 1. The summed E-state index contributed by atoms with van der Waals surface area (Å²) in [5, 5.41) is 7.31. The Hall–Kier alpha value is -2.15. The summed E-state index contributed by atoms with van der Waals surface area (Å²) in [6, 6.07) is 13.6. The van der Waals surface area contributed by atoms with Gasteiger partial charge in [0.1, 0.15) is 0 Å². The number of likely N-dealkylation sites (tertiary alicyclic amines) is 1. The number of carbonyl (C=O) groups is 1. The second-order valence-electron chi connectivity index (χ2n) is 6.77. The maximum atomic E-state index is 12.8. The van der Waals surface area contributed by atoms with Gasteiger partial charge in [-0.3, -0.25) is 9.69 Å². The Morgan fingerprint density at radius 2 is 2.22 bits per heavy atom. The van der Waals surface area contributed by atoms with Crippen LogP contribution in [0, 0.1) is 5.92 Å². The first kappa shape index (κ1) is 18.2. The summed E-state index contributed by atoms with van der Waals surface area (Å²) in [5.41, 5.74) is 1.73. The first-order valence-corrected chi connectivity index (χ1v) is 10.2. The molecule has 1 N–H and O–H groups in total. The highest BCUT2D eigenvalue weighted by atomic mass is 35.5. The van der Waals surface area contributed by atoms with Crippen LogP contribution in [0.5, 0.6) is 0 Å². The van der Waals surface area contributed by atoms with Crippen LogP contribution >= 0.6 is 22.9 Å². The lowest BCUT2D eigenvalue weighted by atomic mass is 9.97. The van der Waals surface area contributed by atoms with E-state index in [2.05, 4.69) is 21.4 Å². The fourth-order valence-corrected chi connectivity index (χ4v) is 4.59. The van der Waals surface area contributed by atoms with Gasteiger partial charge >= 0.3 is 0 Å². The third-order valence-corrected chi connectivity index (χ3v) is 5.98. The van der Waals surface area contributed by atoms with E-state index in [1.807, 2.05) is 42.6 Å². The quantitative estimate of drug-likeness (QED) is 0.688. The van der Waals surface area contributed by atoms with Crippen molar-refractivity contribution >= 4 is 34.5 Å². The minimum absolute atomic E-state index is 0.00236. The molecule has 0 saturated carbocycles. The molecule has 0 bridgehead atoms. The highest BCUT2D eigenvalue weighted by Crippen LogP contribution is 2.26. The average molecular weight is 401 g/mol. The van der Waals surface area contributed by atoms with Gasteiger partial charge < -0.3 is 5.32 Å². The van der Waals surface area contributed by atoms with Crippen LogP contribution in [0.25, 0.3) is 5.69 Å². The van der Waals surface area contributed by atoms with Gasteiger partial charge in [-0.25, -0.2) is 4.68 Å². The molecule has 0 spiro atoms. The smallest absolute Gasteiger partial charge is 0.228 e. The highest BCUT2D eigenvalue weighted by Gasteiger charge is 2.26. The Morgan fingerprint density at radius 1 is 1.30 bits per heavy atom. The number of aromatic nitrogens is 2. The maximum Gasteiger partial charge on any atom is 0.228 e. The largest absolute Gasteiger partial charge is 0.326 e. The van der Waals surface area contributed by atoms with Gasteiger partial charge in [0.15, 0.2) is 0 Å². The zero-order valence-electron chi connectivity index (χ0n) is 14.8. The van der Waals surface area contributed by atoms with Crippen LogP contribution in [-0.4, -0.2) is 33.7 Å². The van der Waals surface area contributed by atoms with E-state index in [0.29, 0.717) is 0 Å². The summed E-state index contributed by atoms with van der Waals surface area (Å²) in [7, 11) is 0. The van der Waals surface area contributed by atoms with E-state index in [1.165, 1.54) is 4.88 Å². The lowest BCUT2D eigenvalue weighted by Gasteiger charge is -2.31. The zero-order valence-corrected chi connectivity index (χ0v) is 16.4. The van der Waals surface area contributed by atoms with Crippen LogP contribution in [0.2, 0.25) is 4.34 Å². The van der Waals surface area contributed by atoms with Gasteiger partial charge in [-0.2, -0.15) is 5.10 Å². The van der Waals surface area contributed by atoms with Crippen LogP contribution in [0.1, 0.15) is 17.7 Å². The van der Waals surface area contributed by atoms with Crippen LogP contribution in [-0.2, 0) is 11.3 Å². The van der Waals surface area contributed by atoms with Crippen molar-refractivity contribution in [3.05, 3.63) is 64.1 Å². The molecule has 2 aromatic heterocycles. The number of nitrogens with zero attached hydrogens (tertiary/aromatic N) is 3. The second kappa shape index (κ2) is 8.25. The van der Waals surface area contributed by atoms with Gasteiger partial charge in [-0.05, 0) is 55.8 Å². The zero-order chi connectivity index (χ0) is 18.6. The predicted octanol–water partition coefficient (Wildman–Crippen LogP) is 4.44. The standard InChI is InChI=1S/C20H21ClN4OS/c21-19-8-7-18(27-19)14-24-10-2-4-15(13-24)20(26)23-16-5-1-6-17(12-16)25-11-3-9-22-25/h1,3,5-9,11-12,15H,2,4,10,13-14H2,(H,23,26). The summed E-state index contributed by atoms with van der Waals surface area (Å²) >= 11 is 7.64. The second-order valence-corrected chi connectivity index (χ2v) is 8.57. The van der Waals surface area contributed by atoms with Gasteiger partial charge in [-0.1, -0.05) is 17.7 Å². The van der Waals surface area contributed by atoms with Crippen molar-refractivity contribution in [2.45, 2.75) is 19.4 Å². The number of hydrogen-bond acceptors (Lipinski definition) is 4. The maximum absolute atomic E-state index is 12.8. The Labute approximate surface area is 167 Å². The minimum atomic E-state index is 0.00236. The van der Waals surface area contributed by atoms with Crippen molar-refractivity contribution in [1.29, 1.82) is 0 Å². The van der Waals surface area contributed by atoms with Crippen LogP contribution in [0.3, 0.4) is 0 Å². The number of halogens is 1. The molecule has 4 rings (SSSR count). The molecule has 1 unspecified atom stereocenters. The molecule has 1 saturated heterocycles. The van der Waals surface area contributed by atoms with E-state index >= 15 is 0 Å². The normalized spacial score (nSPS) is 17.7. The topological polar surface area (TPSA) is 50.2 Å². The number of thiophene rings is 1. The van der Waals surface area contributed by atoms with Gasteiger partial charge in [0.25, 0.3) is 0 Å². The van der Waals surface area contributed by atoms with E-state index in [4.69, 9.17) is 11.6 Å². The van der Waals surface area contributed by atoms with Gasteiger partial charge in [-0.15, -0.1) is 11.3 Å². The molecular weight excluding hydrogens is 380 g/mol. The molecule has 1 fully saturated rings. The van der Waals surface area contributed by atoms with E-state index in [-0.39, 0.29) is 11.8 Å². The van der Waals surface area contributed by atoms with E-state index in [0.717, 1.165) is 48.2 Å². The Morgan fingerprint density at radius 3 is 3.00 bits per heavy atom. The molecule has 3 aromatic rings. The predicted molar refractivity (Wildman–Crippen MR) is 110 cm³/mol. The van der Waals surface area contributed by atoms with Crippen molar-refractivity contribution in [3.63, 3.8) is 0 Å². The van der Waals surface area contributed by atoms with Crippen LogP contribution < -0.4 is 5.32 Å². The number of nitrogens with one attached hydrogen (secondary N) is 1. The molecule has 0 radical (unpaired) electrons. The molecule has 7 heteroatoms. The van der Waals surface area contributed by atoms with Gasteiger partial charge in [0.2, 0.25) is 5.91 Å². The lowest BCUT2D eigenvalue weighted by Crippen LogP contribution is -2.40. The van der Waals surface area contributed by atoms with Crippen LogP contribution in [0.4, 0.5) is 5.69 Å². The number of amides is 1. The van der Waals surface area contributed by atoms with E-state index in [1.54, 1.807) is 22.2 Å². The fraction of sp³-hybridized carbons (Fsp3) is 0.300. The average Bonchev–Trinajstić information content (AvgIpc) is 3.34. The third-order valence-electron chi connectivity index (χ3n) is 4.77. The summed E-state index contributed by atoms with van der Waals surface area (Å²) in [4.78, 5) is 16.4. The van der Waals surface area contributed by atoms with Gasteiger partial charge in [0, 0.05) is 36.0 Å². The molecular formula is C20H21ClN4OS. The summed E-state index contributed by atoms with van der Waals surface area (Å²) in [6.07, 6.45) is 5.58. The van der Waals surface area contributed by atoms with Crippen molar-refractivity contribution < 1.29 is 4.79 Å². The van der Waals surface area contributed by atoms with Crippen molar-refractivity contribution in [2.75, 3.05) is 18.4 Å². The molecule has 5 nitrogen and oxygen atoms in total. The van der Waals surface area contributed by atoms with Crippen LogP contribution in [0.15, 0.2) is 54.9 Å². The minimum Gasteiger partial charge on any atom is -0.326 e. The first-order chi connectivity index (χ1) is 13.2. The first-order valence-electron chi connectivity index (χ1n) is 9.05. The summed E-state index contributed by atoms with van der Waals surface area (Å²) in [6.45, 7) is 2.66. The molecule has 1 aliphatic heterocycles. The number of anilines is 1. The molecule has 1 amide bonds. The monoisotopic (exact) mass is 400 g/mol. The molecule has 140 valence electrons. The van der Waals surface area contributed by atoms with Gasteiger partial charge in [0.05, 0.1) is 15.9 Å². The number of hydrogen-bond donors (Lipinski definition) is 1. The van der Waals surface area contributed by atoms with Crippen molar-refractivity contribution in [1.82, 2.24) is 14.7 Å². The van der Waals surface area contributed by atoms with E-state index in [9.17, 15) is 4.79 Å². The molecule has 27 heavy (non-hydrogen) atoms. The van der Waals surface area contributed by atoms with E-state index < -0.39 is 0 Å². The lowest BCUT2D eigenvalue weighted by molar-refractivity contribution is -0.121. The highest BCUT2D eigenvalue weighted by molar-refractivity contribution is 7.16. The Balaban J connectivity index is 1.38. The fourth-order valence-electron chi connectivity index (χ4n) is 3.46. The van der Waals surface area contributed by atoms with Crippen molar-refractivity contribution in [2.24, 2.45) is 5.92 Å². The SMILES string of the molecule is O=C(Nc1cccc(-n2cccn2)c1)C1CCCN(Cc2ccc(Cl)s2)C1. The molecule has 1 aliphatic rings. The Bertz CT molecular complexity index is 908. The molecule has 0 aliphatic carbocycles. The summed E-state index contributed by atoms with van der Waals surface area (Å²) in [5.74, 6) is 0.0871. The summed E-state index contributed by atoms with van der Waals surface area (Å²) < 4.78 is 2.60. The number of piperidine rings is 1. The molecule has 3 heterocycles. The molecule has 1 atom stereocenters. The number of rotatable bonds is 5. The Kier molecular flexibility index (Phi) is 5.57. The van der Waals surface area contributed by atoms with Crippen molar-refractivity contribution in [3.8, 4) is 5.69 Å². The number of benzene rings is 1. The third kappa shape index (κ3) is 4.58. The molecule has 1 aromatic carbocycles.